The van der Waals surface area contributed by atoms with Gasteiger partial charge in [0.05, 0.1) is 11.6 Å². The summed E-state index contributed by atoms with van der Waals surface area (Å²) in [5.74, 6) is -1.84. The number of aryl methyl sites for hydroxylation is 1. The fourth-order valence-electron chi connectivity index (χ4n) is 4.75. The zero-order valence-electron chi connectivity index (χ0n) is 18.2. The molecule has 1 heterocycles. The average Bonchev–Trinajstić information content (AvgIpc) is 2.77. The second-order valence-corrected chi connectivity index (χ2v) is 8.47. The van der Waals surface area contributed by atoms with Crippen LogP contribution in [0.5, 0.6) is 5.75 Å². The van der Waals surface area contributed by atoms with Crippen molar-refractivity contribution in [1.82, 2.24) is 9.97 Å². The molecule has 0 spiro atoms. The molecular formula is C24H25F4N3O2. The third kappa shape index (κ3) is 3.88. The van der Waals surface area contributed by atoms with Crippen molar-refractivity contribution >= 4 is 16.6 Å². The highest BCUT2D eigenvalue weighted by Crippen LogP contribution is 2.55. The van der Waals surface area contributed by atoms with E-state index in [-0.39, 0.29) is 17.5 Å². The van der Waals surface area contributed by atoms with Gasteiger partial charge in [-0.1, -0.05) is 32.4 Å². The summed E-state index contributed by atoms with van der Waals surface area (Å²) in [6.45, 7) is 3.68. The Kier molecular flexibility index (Phi) is 5.94. The number of phenolic OH excluding ortho intramolecular Hbond substituents is 1. The SMILES string of the molecule is CCC[C@H]1C[C@](O)(C(F)(F)F)[C@@H](Nc2cccc3nc(CC)ncc23)c2ccc(F)c(O)c21. The molecule has 0 bridgehead atoms. The first-order valence-electron chi connectivity index (χ1n) is 10.9. The molecule has 1 aromatic heterocycles. The van der Waals surface area contributed by atoms with Gasteiger partial charge in [0.2, 0.25) is 0 Å². The van der Waals surface area contributed by atoms with Gasteiger partial charge in [0.1, 0.15) is 5.82 Å². The van der Waals surface area contributed by atoms with Crippen LogP contribution >= 0.6 is 0 Å². The van der Waals surface area contributed by atoms with E-state index in [9.17, 15) is 27.8 Å². The number of alkyl halides is 3. The molecule has 0 radical (unpaired) electrons. The Morgan fingerprint density at radius 2 is 1.94 bits per heavy atom. The Bertz CT molecular complexity index is 1180. The Labute approximate surface area is 188 Å². The zero-order chi connectivity index (χ0) is 24.0. The summed E-state index contributed by atoms with van der Waals surface area (Å²) >= 11 is 0. The second-order valence-electron chi connectivity index (χ2n) is 8.47. The van der Waals surface area contributed by atoms with Crippen LogP contribution < -0.4 is 5.32 Å². The number of phenols is 1. The van der Waals surface area contributed by atoms with Gasteiger partial charge in [-0.05, 0) is 42.5 Å². The predicted octanol–water partition coefficient (Wildman–Crippen LogP) is 5.77. The number of nitrogens with one attached hydrogen (secondary N) is 1. The minimum absolute atomic E-state index is 0.0153. The Morgan fingerprint density at radius 3 is 2.61 bits per heavy atom. The van der Waals surface area contributed by atoms with Gasteiger partial charge >= 0.3 is 6.18 Å². The van der Waals surface area contributed by atoms with E-state index in [0.717, 1.165) is 6.07 Å². The number of anilines is 1. The molecule has 33 heavy (non-hydrogen) atoms. The van der Waals surface area contributed by atoms with Crippen LogP contribution in [0.3, 0.4) is 0 Å². The standard InChI is InChI=1S/C24H25F4N3O2/c1-3-6-13-11-23(33,24(26,27)28)22(14-9-10-16(25)21(32)20(13)14)31-18-8-5-7-17-15(18)12-29-19(4-2)30-17/h5,7-10,12-13,22,31-33H,3-4,6,11H2,1-2H3/t13-,22-,23+/m0/s1. The highest BCUT2D eigenvalue weighted by Gasteiger charge is 2.62. The van der Waals surface area contributed by atoms with E-state index >= 15 is 0 Å². The molecule has 4 rings (SSSR count). The molecule has 9 heteroatoms. The number of halogens is 4. The van der Waals surface area contributed by atoms with Gasteiger partial charge in [-0.2, -0.15) is 13.2 Å². The second kappa shape index (κ2) is 8.44. The molecule has 3 atom stereocenters. The van der Waals surface area contributed by atoms with Gasteiger partial charge in [-0.3, -0.25) is 0 Å². The molecule has 1 aliphatic rings. The molecule has 0 saturated heterocycles. The fraction of sp³-hybridized carbons (Fsp3) is 0.417. The highest BCUT2D eigenvalue weighted by molar-refractivity contribution is 5.91. The molecule has 0 saturated carbocycles. The van der Waals surface area contributed by atoms with Gasteiger partial charge in [-0.15, -0.1) is 0 Å². The van der Waals surface area contributed by atoms with Crippen molar-refractivity contribution in [2.24, 2.45) is 0 Å². The minimum atomic E-state index is -4.98. The zero-order valence-corrected chi connectivity index (χ0v) is 18.2. The van der Waals surface area contributed by atoms with Crippen LogP contribution in [0, 0.1) is 5.82 Å². The van der Waals surface area contributed by atoms with Crippen molar-refractivity contribution in [3.63, 3.8) is 0 Å². The minimum Gasteiger partial charge on any atom is -0.505 e. The number of aromatic hydroxyl groups is 1. The van der Waals surface area contributed by atoms with E-state index < -0.39 is 41.7 Å². The van der Waals surface area contributed by atoms with Crippen LogP contribution in [0.2, 0.25) is 0 Å². The van der Waals surface area contributed by atoms with E-state index in [2.05, 4.69) is 15.3 Å². The summed E-state index contributed by atoms with van der Waals surface area (Å²) in [6.07, 6.45) is -2.78. The summed E-state index contributed by atoms with van der Waals surface area (Å²) in [5.41, 5.74) is -2.18. The summed E-state index contributed by atoms with van der Waals surface area (Å²) < 4.78 is 57.2. The van der Waals surface area contributed by atoms with Crippen molar-refractivity contribution in [2.45, 2.75) is 63.3 Å². The first-order chi connectivity index (χ1) is 15.6. The largest absolute Gasteiger partial charge is 0.505 e. The number of fused-ring (bicyclic) bond motifs is 2. The van der Waals surface area contributed by atoms with E-state index in [1.807, 2.05) is 6.92 Å². The summed E-state index contributed by atoms with van der Waals surface area (Å²) in [7, 11) is 0. The summed E-state index contributed by atoms with van der Waals surface area (Å²) in [6, 6.07) is 5.41. The molecule has 3 aromatic rings. The van der Waals surface area contributed by atoms with Crippen LogP contribution in [-0.2, 0) is 6.42 Å². The maximum Gasteiger partial charge on any atom is 0.419 e. The third-order valence-electron chi connectivity index (χ3n) is 6.38. The lowest BCUT2D eigenvalue weighted by molar-refractivity contribution is -0.273. The average molecular weight is 463 g/mol. The van der Waals surface area contributed by atoms with E-state index in [1.54, 1.807) is 25.1 Å². The lowest BCUT2D eigenvalue weighted by Crippen LogP contribution is -2.55. The first kappa shape index (κ1) is 23.2. The topological polar surface area (TPSA) is 78.3 Å². The molecular weight excluding hydrogens is 438 g/mol. The third-order valence-corrected chi connectivity index (χ3v) is 6.38. The van der Waals surface area contributed by atoms with Gasteiger partial charge < -0.3 is 15.5 Å². The molecule has 0 unspecified atom stereocenters. The number of hydrogen-bond donors (Lipinski definition) is 3. The van der Waals surface area contributed by atoms with Gasteiger partial charge in [0.25, 0.3) is 0 Å². The van der Waals surface area contributed by atoms with Crippen molar-refractivity contribution in [3.8, 4) is 5.75 Å². The maximum atomic E-state index is 14.3. The van der Waals surface area contributed by atoms with E-state index in [0.29, 0.717) is 35.3 Å². The number of hydrogen-bond acceptors (Lipinski definition) is 5. The monoisotopic (exact) mass is 463 g/mol. The lowest BCUT2D eigenvalue weighted by atomic mass is 9.68. The van der Waals surface area contributed by atoms with Gasteiger partial charge in [0.15, 0.2) is 17.2 Å². The van der Waals surface area contributed by atoms with E-state index in [1.165, 1.54) is 12.3 Å². The van der Waals surface area contributed by atoms with Crippen LogP contribution in [0.4, 0.5) is 23.2 Å². The predicted molar refractivity (Wildman–Crippen MR) is 117 cm³/mol. The van der Waals surface area contributed by atoms with Gasteiger partial charge in [0, 0.05) is 29.3 Å². The Balaban J connectivity index is 1.90. The van der Waals surface area contributed by atoms with Crippen molar-refractivity contribution in [2.75, 3.05) is 5.32 Å². The maximum absolute atomic E-state index is 14.3. The van der Waals surface area contributed by atoms with Crippen molar-refractivity contribution < 1.29 is 27.8 Å². The molecule has 0 aliphatic heterocycles. The number of aromatic nitrogens is 2. The number of benzene rings is 2. The molecule has 0 fully saturated rings. The summed E-state index contributed by atoms with van der Waals surface area (Å²) in [5, 5.41) is 24.9. The molecule has 0 amide bonds. The van der Waals surface area contributed by atoms with Gasteiger partial charge in [-0.25, -0.2) is 14.4 Å². The number of aliphatic hydroxyl groups is 1. The molecule has 176 valence electrons. The summed E-state index contributed by atoms with van der Waals surface area (Å²) in [4.78, 5) is 8.66. The number of rotatable bonds is 5. The number of nitrogens with zero attached hydrogens (tertiary/aromatic N) is 2. The smallest absolute Gasteiger partial charge is 0.419 e. The van der Waals surface area contributed by atoms with Crippen LogP contribution in [0.1, 0.15) is 62.0 Å². The Morgan fingerprint density at radius 1 is 1.18 bits per heavy atom. The molecule has 1 aliphatic carbocycles. The lowest BCUT2D eigenvalue weighted by Gasteiger charge is -2.46. The quantitative estimate of drug-likeness (QED) is 0.419. The van der Waals surface area contributed by atoms with Crippen LogP contribution in [0.25, 0.3) is 10.9 Å². The Hall–Kier alpha value is -2.94. The van der Waals surface area contributed by atoms with Crippen LogP contribution in [0.15, 0.2) is 36.5 Å². The molecule has 2 aromatic carbocycles. The van der Waals surface area contributed by atoms with E-state index in [4.69, 9.17) is 0 Å². The molecule has 3 N–H and O–H groups in total. The van der Waals surface area contributed by atoms with Crippen molar-refractivity contribution in [3.05, 3.63) is 59.3 Å². The van der Waals surface area contributed by atoms with Crippen molar-refractivity contribution in [1.29, 1.82) is 0 Å². The normalized spacial score (nSPS) is 22.9. The first-order valence-corrected chi connectivity index (χ1v) is 10.9. The highest BCUT2D eigenvalue weighted by atomic mass is 19.4. The molecule has 5 nitrogen and oxygen atoms in total. The van der Waals surface area contributed by atoms with Crippen LogP contribution in [-0.4, -0.2) is 32.0 Å². The fourth-order valence-corrected chi connectivity index (χ4v) is 4.75.